The number of carbonyl (C=O) groups excluding carboxylic acids is 2. The lowest BCUT2D eigenvalue weighted by atomic mass is 10.1. The zero-order valence-corrected chi connectivity index (χ0v) is 22.4. The monoisotopic (exact) mass is 535 g/mol. The van der Waals surface area contributed by atoms with Crippen molar-refractivity contribution in [2.45, 2.75) is 51.2 Å². The van der Waals surface area contributed by atoms with Crippen LogP contribution in [0.2, 0.25) is 0 Å². The molecule has 1 saturated carbocycles. The van der Waals surface area contributed by atoms with E-state index in [4.69, 9.17) is 9.47 Å². The van der Waals surface area contributed by atoms with Gasteiger partial charge in [-0.05, 0) is 49.6 Å². The second-order valence-electron chi connectivity index (χ2n) is 9.12. The standard InChI is InChI=1S/C26H34FN3O6S/c1-18(26(32)28-21-7-5-6-8-21)29(16-19-9-11-20(27)12-10-19)25(31)17-30(37(4,33)34)23-14-13-22(35-2)15-24(23)36-3/h9-15,18,21H,5-8,16-17H2,1-4H3,(H,28,32). The lowest BCUT2D eigenvalue weighted by Gasteiger charge is -2.32. The number of sulfonamides is 1. The van der Waals surface area contributed by atoms with Gasteiger partial charge in [-0.3, -0.25) is 13.9 Å². The number of carbonyl (C=O) groups is 2. The van der Waals surface area contributed by atoms with Gasteiger partial charge in [0.1, 0.15) is 29.9 Å². The fourth-order valence-electron chi connectivity index (χ4n) is 4.35. The van der Waals surface area contributed by atoms with Crippen LogP contribution in [0, 0.1) is 5.82 Å². The van der Waals surface area contributed by atoms with E-state index in [1.165, 1.54) is 55.5 Å². The van der Waals surface area contributed by atoms with E-state index >= 15 is 0 Å². The Balaban J connectivity index is 1.92. The maximum absolute atomic E-state index is 13.7. The zero-order chi connectivity index (χ0) is 27.2. The molecule has 202 valence electrons. The highest BCUT2D eigenvalue weighted by Gasteiger charge is 2.32. The van der Waals surface area contributed by atoms with E-state index in [0.29, 0.717) is 11.3 Å². The number of nitrogens with one attached hydrogen (secondary N) is 1. The van der Waals surface area contributed by atoms with E-state index in [1.807, 2.05) is 0 Å². The van der Waals surface area contributed by atoms with Crippen LogP contribution in [0.5, 0.6) is 11.5 Å². The molecule has 1 aliphatic rings. The molecule has 1 aliphatic carbocycles. The van der Waals surface area contributed by atoms with Gasteiger partial charge in [0.25, 0.3) is 0 Å². The van der Waals surface area contributed by atoms with E-state index in [-0.39, 0.29) is 29.9 Å². The van der Waals surface area contributed by atoms with Crippen LogP contribution in [0.1, 0.15) is 38.2 Å². The summed E-state index contributed by atoms with van der Waals surface area (Å²) in [5.74, 6) is -0.689. The summed E-state index contributed by atoms with van der Waals surface area (Å²) in [7, 11) is -1.07. The third kappa shape index (κ3) is 7.34. The number of rotatable bonds is 11. The van der Waals surface area contributed by atoms with Crippen LogP contribution in [0.15, 0.2) is 42.5 Å². The predicted molar refractivity (Wildman–Crippen MR) is 139 cm³/mol. The highest BCUT2D eigenvalue weighted by molar-refractivity contribution is 7.92. The maximum Gasteiger partial charge on any atom is 0.244 e. The molecule has 37 heavy (non-hydrogen) atoms. The van der Waals surface area contributed by atoms with Gasteiger partial charge in [0, 0.05) is 18.7 Å². The fourth-order valence-corrected chi connectivity index (χ4v) is 5.20. The van der Waals surface area contributed by atoms with Crippen LogP contribution < -0.4 is 19.1 Å². The average molecular weight is 536 g/mol. The molecule has 2 amide bonds. The molecule has 0 aromatic heterocycles. The number of hydrogen-bond donors (Lipinski definition) is 1. The fraction of sp³-hybridized carbons (Fsp3) is 0.462. The Labute approximate surface area is 217 Å². The Morgan fingerprint density at radius 3 is 2.30 bits per heavy atom. The number of methoxy groups -OCH3 is 2. The summed E-state index contributed by atoms with van der Waals surface area (Å²) in [4.78, 5) is 28.0. The van der Waals surface area contributed by atoms with E-state index < -0.39 is 34.3 Å². The van der Waals surface area contributed by atoms with Gasteiger partial charge < -0.3 is 19.7 Å². The van der Waals surface area contributed by atoms with Gasteiger partial charge >= 0.3 is 0 Å². The van der Waals surface area contributed by atoms with Gasteiger partial charge in [-0.15, -0.1) is 0 Å². The minimum absolute atomic E-state index is 0.00425. The first-order chi connectivity index (χ1) is 17.5. The van der Waals surface area contributed by atoms with Crippen LogP contribution >= 0.6 is 0 Å². The minimum Gasteiger partial charge on any atom is -0.497 e. The predicted octanol–water partition coefficient (Wildman–Crippen LogP) is 3.09. The Morgan fingerprint density at radius 2 is 1.73 bits per heavy atom. The van der Waals surface area contributed by atoms with Crippen molar-refractivity contribution < 1.29 is 31.9 Å². The Hall–Kier alpha value is -3.34. The molecule has 1 unspecified atom stereocenters. The number of hydrogen-bond acceptors (Lipinski definition) is 6. The van der Waals surface area contributed by atoms with Crippen molar-refractivity contribution in [2.24, 2.45) is 0 Å². The summed E-state index contributed by atoms with van der Waals surface area (Å²) in [6.07, 6.45) is 4.81. The van der Waals surface area contributed by atoms with E-state index in [0.717, 1.165) is 36.2 Å². The third-order valence-corrected chi connectivity index (χ3v) is 7.60. The van der Waals surface area contributed by atoms with E-state index in [9.17, 15) is 22.4 Å². The Kier molecular flexibility index (Phi) is 9.36. The van der Waals surface area contributed by atoms with Crippen molar-refractivity contribution in [2.75, 3.05) is 31.3 Å². The van der Waals surface area contributed by atoms with Crippen molar-refractivity contribution in [1.29, 1.82) is 0 Å². The summed E-state index contributed by atoms with van der Waals surface area (Å²) in [5.41, 5.74) is 0.757. The molecule has 0 saturated heterocycles. The number of amides is 2. The second-order valence-corrected chi connectivity index (χ2v) is 11.0. The first-order valence-corrected chi connectivity index (χ1v) is 13.9. The highest BCUT2D eigenvalue weighted by atomic mass is 32.2. The topological polar surface area (TPSA) is 105 Å². The molecule has 9 nitrogen and oxygen atoms in total. The number of benzene rings is 2. The SMILES string of the molecule is COc1ccc(N(CC(=O)N(Cc2ccc(F)cc2)C(C)C(=O)NC2CCCC2)S(C)(=O)=O)c(OC)c1. The molecule has 0 heterocycles. The Morgan fingerprint density at radius 1 is 1.08 bits per heavy atom. The molecule has 1 N–H and O–H groups in total. The van der Waals surface area contributed by atoms with Crippen molar-refractivity contribution in [3.05, 3.63) is 53.8 Å². The summed E-state index contributed by atoms with van der Waals surface area (Å²) in [6.45, 7) is 1.03. The number of nitrogens with zero attached hydrogens (tertiary/aromatic N) is 2. The molecule has 1 fully saturated rings. The lowest BCUT2D eigenvalue weighted by Crippen LogP contribution is -2.52. The molecule has 2 aromatic rings. The minimum atomic E-state index is -3.93. The van der Waals surface area contributed by atoms with Crippen LogP contribution in [-0.2, 0) is 26.2 Å². The summed E-state index contributed by atoms with van der Waals surface area (Å²) < 4.78 is 50.5. The molecule has 3 rings (SSSR count). The van der Waals surface area contributed by atoms with Gasteiger partial charge in [0.05, 0.1) is 26.2 Å². The summed E-state index contributed by atoms with van der Waals surface area (Å²) >= 11 is 0. The van der Waals surface area contributed by atoms with Crippen molar-refractivity contribution in [1.82, 2.24) is 10.2 Å². The van der Waals surface area contributed by atoms with Crippen molar-refractivity contribution in [3.8, 4) is 11.5 Å². The quantitative estimate of drug-likeness (QED) is 0.474. The average Bonchev–Trinajstić information content (AvgIpc) is 3.38. The van der Waals surface area contributed by atoms with Gasteiger partial charge in [-0.1, -0.05) is 25.0 Å². The van der Waals surface area contributed by atoms with Crippen LogP contribution in [0.3, 0.4) is 0 Å². The van der Waals surface area contributed by atoms with Gasteiger partial charge in [-0.2, -0.15) is 0 Å². The molecule has 2 aromatic carbocycles. The molecule has 0 bridgehead atoms. The largest absolute Gasteiger partial charge is 0.497 e. The van der Waals surface area contributed by atoms with Gasteiger partial charge in [-0.25, -0.2) is 12.8 Å². The molecule has 0 radical (unpaired) electrons. The number of ether oxygens (including phenoxy) is 2. The summed E-state index contributed by atoms with van der Waals surface area (Å²) in [5, 5.41) is 3.00. The van der Waals surface area contributed by atoms with Crippen LogP contribution in [-0.4, -0.2) is 64.2 Å². The van der Waals surface area contributed by atoms with Crippen molar-refractivity contribution in [3.63, 3.8) is 0 Å². The Bertz CT molecular complexity index is 1200. The van der Waals surface area contributed by atoms with Gasteiger partial charge in [0.2, 0.25) is 21.8 Å². The summed E-state index contributed by atoms with van der Waals surface area (Å²) in [6, 6.07) is 9.33. The molecule has 0 spiro atoms. The van der Waals surface area contributed by atoms with Crippen LogP contribution in [0.4, 0.5) is 10.1 Å². The molecule has 1 atom stereocenters. The molecular weight excluding hydrogens is 501 g/mol. The van der Waals surface area contributed by atoms with Gasteiger partial charge in [0.15, 0.2) is 0 Å². The van der Waals surface area contributed by atoms with Crippen LogP contribution in [0.25, 0.3) is 0 Å². The van der Waals surface area contributed by atoms with Crippen molar-refractivity contribution >= 4 is 27.5 Å². The second kappa shape index (κ2) is 12.3. The third-order valence-electron chi connectivity index (χ3n) is 6.47. The first kappa shape index (κ1) is 28.2. The maximum atomic E-state index is 13.7. The smallest absolute Gasteiger partial charge is 0.244 e. The molecule has 11 heteroatoms. The first-order valence-electron chi connectivity index (χ1n) is 12.1. The number of halogens is 1. The van der Waals surface area contributed by atoms with E-state index in [2.05, 4.69) is 5.32 Å². The normalized spacial score (nSPS) is 14.6. The lowest BCUT2D eigenvalue weighted by molar-refractivity contribution is -0.139. The highest BCUT2D eigenvalue weighted by Crippen LogP contribution is 2.33. The molecule has 0 aliphatic heterocycles. The zero-order valence-electron chi connectivity index (χ0n) is 21.6. The molecular formula is C26H34FN3O6S. The van der Waals surface area contributed by atoms with E-state index in [1.54, 1.807) is 13.0 Å². The number of anilines is 1.